The van der Waals surface area contributed by atoms with E-state index in [1.165, 1.54) is 18.5 Å². The van der Waals surface area contributed by atoms with Crippen LogP contribution in [-0.4, -0.2) is 17.0 Å². The monoisotopic (exact) mass is 263 g/mol. The standard InChI is InChI=1S/C14H15F2N3/c1-3-12-13(16)14(18-9-17-12)19(2)8-10-5-4-6-11(15)7-10/h4-7,9H,3,8H2,1-2H3. The van der Waals surface area contributed by atoms with Gasteiger partial charge < -0.3 is 4.90 Å². The van der Waals surface area contributed by atoms with Crippen LogP contribution in [0.1, 0.15) is 18.2 Å². The van der Waals surface area contributed by atoms with Gasteiger partial charge in [-0.25, -0.2) is 18.7 Å². The van der Waals surface area contributed by atoms with Crippen LogP contribution in [0.2, 0.25) is 0 Å². The summed E-state index contributed by atoms with van der Waals surface area (Å²) in [6, 6.07) is 6.23. The number of hydrogen-bond donors (Lipinski definition) is 0. The van der Waals surface area contributed by atoms with Crippen molar-refractivity contribution in [1.29, 1.82) is 0 Å². The predicted octanol–water partition coefficient (Wildman–Crippen LogP) is 2.95. The Morgan fingerprint density at radius 1 is 1.21 bits per heavy atom. The minimum absolute atomic E-state index is 0.233. The Hall–Kier alpha value is -2.04. The Kier molecular flexibility index (Phi) is 4.04. The molecule has 2 aromatic rings. The Bertz CT molecular complexity index is 572. The highest BCUT2D eigenvalue weighted by Gasteiger charge is 2.13. The van der Waals surface area contributed by atoms with Crippen molar-refractivity contribution in [3.05, 3.63) is 53.5 Å². The van der Waals surface area contributed by atoms with E-state index in [-0.39, 0.29) is 11.6 Å². The normalized spacial score (nSPS) is 10.5. The van der Waals surface area contributed by atoms with E-state index in [4.69, 9.17) is 0 Å². The fourth-order valence-electron chi connectivity index (χ4n) is 1.89. The quantitative estimate of drug-likeness (QED) is 0.849. The smallest absolute Gasteiger partial charge is 0.187 e. The van der Waals surface area contributed by atoms with Crippen molar-refractivity contribution >= 4 is 5.82 Å². The van der Waals surface area contributed by atoms with Gasteiger partial charge in [-0.15, -0.1) is 0 Å². The molecule has 0 N–H and O–H groups in total. The van der Waals surface area contributed by atoms with E-state index in [9.17, 15) is 8.78 Å². The maximum absolute atomic E-state index is 14.1. The van der Waals surface area contributed by atoms with E-state index in [0.717, 1.165) is 5.56 Å². The largest absolute Gasteiger partial charge is 0.353 e. The summed E-state index contributed by atoms with van der Waals surface area (Å²) >= 11 is 0. The fraction of sp³-hybridized carbons (Fsp3) is 0.286. The molecule has 1 aromatic heterocycles. The highest BCUT2D eigenvalue weighted by Crippen LogP contribution is 2.19. The first kappa shape index (κ1) is 13.4. The van der Waals surface area contributed by atoms with Crippen molar-refractivity contribution in [3.8, 4) is 0 Å². The Labute approximate surface area is 110 Å². The second kappa shape index (κ2) is 5.73. The molecule has 0 aliphatic heterocycles. The number of anilines is 1. The first-order valence-electron chi connectivity index (χ1n) is 6.06. The molecule has 100 valence electrons. The van der Waals surface area contributed by atoms with Gasteiger partial charge in [-0.1, -0.05) is 19.1 Å². The van der Waals surface area contributed by atoms with E-state index >= 15 is 0 Å². The van der Waals surface area contributed by atoms with Gasteiger partial charge in [0.2, 0.25) is 0 Å². The summed E-state index contributed by atoms with van der Waals surface area (Å²) in [7, 11) is 1.72. The highest BCUT2D eigenvalue weighted by molar-refractivity contribution is 5.41. The second-order valence-electron chi connectivity index (χ2n) is 4.30. The molecule has 5 heteroatoms. The van der Waals surface area contributed by atoms with Gasteiger partial charge >= 0.3 is 0 Å². The fourth-order valence-corrected chi connectivity index (χ4v) is 1.89. The van der Waals surface area contributed by atoms with Crippen LogP contribution in [-0.2, 0) is 13.0 Å². The molecule has 0 unspecified atom stereocenters. The Balaban J connectivity index is 2.23. The summed E-state index contributed by atoms with van der Waals surface area (Å²) in [5.41, 5.74) is 1.15. The van der Waals surface area contributed by atoms with Crippen molar-refractivity contribution in [2.24, 2.45) is 0 Å². The summed E-state index contributed by atoms with van der Waals surface area (Å²) in [5, 5.41) is 0. The van der Waals surface area contributed by atoms with Crippen LogP contribution in [0.25, 0.3) is 0 Å². The van der Waals surface area contributed by atoms with Gasteiger partial charge in [0.05, 0.1) is 5.69 Å². The van der Waals surface area contributed by atoms with Gasteiger partial charge in [-0.3, -0.25) is 0 Å². The minimum Gasteiger partial charge on any atom is -0.353 e. The lowest BCUT2D eigenvalue weighted by molar-refractivity contribution is 0.587. The molecule has 0 saturated heterocycles. The van der Waals surface area contributed by atoms with Crippen molar-refractivity contribution in [1.82, 2.24) is 9.97 Å². The average Bonchev–Trinajstić information content (AvgIpc) is 2.39. The molecule has 0 aliphatic carbocycles. The number of rotatable bonds is 4. The van der Waals surface area contributed by atoms with Crippen LogP contribution in [0.4, 0.5) is 14.6 Å². The lowest BCUT2D eigenvalue weighted by Crippen LogP contribution is -2.20. The van der Waals surface area contributed by atoms with Crippen LogP contribution in [0.15, 0.2) is 30.6 Å². The molecular weight excluding hydrogens is 248 g/mol. The van der Waals surface area contributed by atoms with E-state index in [1.54, 1.807) is 24.1 Å². The lowest BCUT2D eigenvalue weighted by Gasteiger charge is -2.19. The predicted molar refractivity (Wildman–Crippen MR) is 69.9 cm³/mol. The number of nitrogens with zero attached hydrogens (tertiary/aromatic N) is 3. The zero-order chi connectivity index (χ0) is 13.8. The first-order chi connectivity index (χ1) is 9.11. The molecule has 0 bridgehead atoms. The van der Waals surface area contributed by atoms with Gasteiger partial charge in [0.25, 0.3) is 0 Å². The molecule has 0 fully saturated rings. The molecular formula is C14H15F2N3. The SMILES string of the molecule is CCc1ncnc(N(C)Cc2cccc(F)c2)c1F. The zero-order valence-corrected chi connectivity index (χ0v) is 10.9. The maximum Gasteiger partial charge on any atom is 0.187 e. The highest BCUT2D eigenvalue weighted by atomic mass is 19.1. The third-order valence-corrected chi connectivity index (χ3v) is 2.85. The molecule has 0 atom stereocenters. The van der Waals surface area contributed by atoms with Crippen LogP contribution in [0.3, 0.4) is 0 Å². The first-order valence-corrected chi connectivity index (χ1v) is 6.06. The Morgan fingerprint density at radius 2 is 2.00 bits per heavy atom. The molecule has 0 saturated carbocycles. The van der Waals surface area contributed by atoms with E-state index in [0.29, 0.717) is 18.7 Å². The second-order valence-corrected chi connectivity index (χ2v) is 4.30. The summed E-state index contributed by atoms with van der Waals surface area (Å²) < 4.78 is 27.2. The minimum atomic E-state index is -0.413. The van der Waals surface area contributed by atoms with Gasteiger partial charge in [0, 0.05) is 13.6 Å². The molecule has 2 rings (SSSR count). The summed E-state index contributed by atoms with van der Waals surface area (Å²) in [4.78, 5) is 9.48. The van der Waals surface area contributed by atoms with Gasteiger partial charge in [0.15, 0.2) is 11.6 Å². The van der Waals surface area contributed by atoms with E-state index in [2.05, 4.69) is 9.97 Å². The number of aromatic nitrogens is 2. The third-order valence-electron chi connectivity index (χ3n) is 2.85. The van der Waals surface area contributed by atoms with Gasteiger partial charge in [-0.05, 0) is 24.1 Å². The number of benzene rings is 1. The van der Waals surface area contributed by atoms with Crippen LogP contribution in [0.5, 0.6) is 0 Å². The van der Waals surface area contributed by atoms with Crippen LogP contribution >= 0.6 is 0 Å². The molecule has 0 spiro atoms. The van der Waals surface area contributed by atoms with Crippen LogP contribution in [0, 0.1) is 11.6 Å². The van der Waals surface area contributed by atoms with E-state index in [1.807, 2.05) is 6.92 Å². The molecule has 19 heavy (non-hydrogen) atoms. The van der Waals surface area contributed by atoms with Gasteiger partial charge in [0.1, 0.15) is 12.1 Å². The van der Waals surface area contributed by atoms with Crippen LogP contribution < -0.4 is 4.90 Å². The zero-order valence-electron chi connectivity index (χ0n) is 10.9. The van der Waals surface area contributed by atoms with Crippen molar-refractivity contribution in [3.63, 3.8) is 0 Å². The number of halogens is 2. The molecule has 0 aliphatic rings. The molecule has 1 aromatic carbocycles. The lowest BCUT2D eigenvalue weighted by atomic mass is 10.2. The van der Waals surface area contributed by atoms with Crippen molar-refractivity contribution in [2.45, 2.75) is 19.9 Å². The van der Waals surface area contributed by atoms with Gasteiger partial charge in [-0.2, -0.15) is 0 Å². The van der Waals surface area contributed by atoms with Crippen molar-refractivity contribution < 1.29 is 8.78 Å². The summed E-state index contributed by atoms with van der Waals surface area (Å²) in [6.07, 6.45) is 1.86. The maximum atomic E-state index is 14.1. The Morgan fingerprint density at radius 3 is 2.68 bits per heavy atom. The molecule has 0 radical (unpaired) electrons. The number of aryl methyl sites for hydroxylation is 1. The van der Waals surface area contributed by atoms with E-state index < -0.39 is 5.82 Å². The number of hydrogen-bond acceptors (Lipinski definition) is 3. The van der Waals surface area contributed by atoms with Crippen molar-refractivity contribution in [2.75, 3.05) is 11.9 Å². The third kappa shape index (κ3) is 3.05. The molecule has 3 nitrogen and oxygen atoms in total. The topological polar surface area (TPSA) is 29.0 Å². The summed E-state index contributed by atoms with van der Waals surface area (Å²) in [5.74, 6) is -0.483. The summed E-state index contributed by atoms with van der Waals surface area (Å²) in [6.45, 7) is 2.22. The average molecular weight is 263 g/mol. The molecule has 1 heterocycles. The molecule has 0 amide bonds.